The lowest BCUT2D eigenvalue weighted by Crippen LogP contribution is -2.41. The summed E-state index contributed by atoms with van der Waals surface area (Å²) < 4.78 is 0. The molecule has 19 heavy (non-hydrogen) atoms. The predicted octanol–water partition coefficient (Wildman–Crippen LogP) is 1.68. The molecule has 0 heterocycles. The van der Waals surface area contributed by atoms with Gasteiger partial charge in [0.25, 0.3) is 0 Å². The van der Waals surface area contributed by atoms with Crippen molar-refractivity contribution >= 4 is 11.7 Å². The molecule has 4 nitrogen and oxygen atoms in total. The van der Waals surface area contributed by atoms with Gasteiger partial charge in [-0.1, -0.05) is 17.7 Å². The summed E-state index contributed by atoms with van der Waals surface area (Å²) in [4.78, 5) is 25.1. The summed E-state index contributed by atoms with van der Waals surface area (Å²) in [7, 11) is 0. The third-order valence-electron chi connectivity index (χ3n) is 3.13. The van der Waals surface area contributed by atoms with Crippen LogP contribution < -0.4 is 5.73 Å². The van der Waals surface area contributed by atoms with Crippen LogP contribution in [0.25, 0.3) is 0 Å². The lowest BCUT2D eigenvalue weighted by atomic mass is 10.0. The van der Waals surface area contributed by atoms with E-state index in [4.69, 9.17) is 5.73 Å². The van der Waals surface area contributed by atoms with E-state index in [1.807, 2.05) is 45.9 Å². The standard InChI is InChI=1S/C15H22N2O2/c1-10(2)17(9-15(16)19)8-14(18)13-7-11(3)5-6-12(13)4/h5-7,10H,8-9H2,1-4H3,(H2,16,19). The fourth-order valence-corrected chi connectivity index (χ4v) is 1.93. The molecule has 1 amide bonds. The molecule has 104 valence electrons. The second kappa shape index (κ2) is 6.48. The van der Waals surface area contributed by atoms with Crippen LogP contribution >= 0.6 is 0 Å². The van der Waals surface area contributed by atoms with Crippen LogP contribution in [0.3, 0.4) is 0 Å². The Morgan fingerprint density at radius 2 is 1.84 bits per heavy atom. The van der Waals surface area contributed by atoms with Crippen molar-refractivity contribution in [3.8, 4) is 0 Å². The SMILES string of the molecule is Cc1ccc(C)c(C(=O)CN(CC(N)=O)C(C)C)c1. The van der Waals surface area contributed by atoms with Crippen LogP contribution in [0.4, 0.5) is 0 Å². The number of hydrogen-bond donors (Lipinski definition) is 1. The second-order valence-electron chi connectivity index (χ2n) is 5.21. The molecule has 0 aliphatic rings. The van der Waals surface area contributed by atoms with Crippen molar-refractivity contribution in [3.63, 3.8) is 0 Å². The summed E-state index contributed by atoms with van der Waals surface area (Å²) in [5.41, 5.74) is 7.94. The number of amides is 1. The van der Waals surface area contributed by atoms with Crippen LogP contribution in [-0.4, -0.2) is 35.7 Å². The topological polar surface area (TPSA) is 63.4 Å². The third-order valence-corrected chi connectivity index (χ3v) is 3.13. The van der Waals surface area contributed by atoms with Gasteiger partial charge in [0.1, 0.15) is 0 Å². The fourth-order valence-electron chi connectivity index (χ4n) is 1.93. The van der Waals surface area contributed by atoms with Gasteiger partial charge in [0, 0.05) is 11.6 Å². The van der Waals surface area contributed by atoms with Crippen molar-refractivity contribution in [2.24, 2.45) is 5.73 Å². The minimum Gasteiger partial charge on any atom is -0.369 e. The molecule has 0 spiro atoms. The van der Waals surface area contributed by atoms with Crippen LogP contribution in [0.2, 0.25) is 0 Å². The van der Waals surface area contributed by atoms with Gasteiger partial charge in [0.05, 0.1) is 13.1 Å². The average Bonchev–Trinajstić information content (AvgIpc) is 2.30. The van der Waals surface area contributed by atoms with Crippen molar-refractivity contribution < 1.29 is 9.59 Å². The van der Waals surface area contributed by atoms with E-state index in [0.29, 0.717) is 0 Å². The summed E-state index contributed by atoms with van der Waals surface area (Å²) in [5.74, 6) is -0.390. The first-order valence-electron chi connectivity index (χ1n) is 6.44. The Bertz CT molecular complexity index is 481. The molecule has 1 aromatic rings. The van der Waals surface area contributed by atoms with Gasteiger partial charge in [-0.3, -0.25) is 14.5 Å². The Morgan fingerprint density at radius 1 is 1.21 bits per heavy atom. The highest BCUT2D eigenvalue weighted by atomic mass is 16.1. The molecule has 0 aliphatic carbocycles. The number of nitrogens with two attached hydrogens (primary N) is 1. The normalized spacial score (nSPS) is 11.1. The minimum absolute atomic E-state index is 0.0242. The number of hydrogen-bond acceptors (Lipinski definition) is 3. The quantitative estimate of drug-likeness (QED) is 0.793. The van der Waals surface area contributed by atoms with Crippen molar-refractivity contribution in [2.45, 2.75) is 33.7 Å². The van der Waals surface area contributed by atoms with Gasteiger partial charge in [-0.05, 0) is 39.3 Å². The number of ketones is 1. The highest BCUT2D eigenvalue weighted by Crippen LogP contribution is 2.12. The molecule has 0 saturated carbocycles. The van der Waals surface area contributed by atoms with E-state index in [2.05, 4.69) is 0 Å². The Labute approximate surface area is 114 Å². The molecule has 0 saturated heterocycles. The molecule has 0 aliphatic heterocycles. The van der Waals surface area contributed by atoms with Crippen LogP contribution in [0.1, 0.15) is 35.3 Å². The molecule has 2 N–H and O–H groups in total. The van der Waals surface area contributed by atoms with Gasteiger partial charge in [0.2, 0.25) is 5.91 Å². The Hall–Kier alpha value is -1.68. The molecule has 0 unspecified atom stereocenters. The average molecular weight is 262 g/mol. The lowest BCUT2D eigenvalue weighted by Gasteiger charge is -2.24. The molecule has 0 atom stereocenters. The highest BCUT2D eigenvalue weighted by molar-refractivity contribution is 5.99. The Morgan fingerprint density at radius 3 is 2.37 bits per heavy atom. The number of rotatable bonds is 6. The summed E-state index contributed by atoms with van der Waals surface area (Å²) in [6.07, 6.45) is 0. The first-order valence-corrected chi connectivity index (χ1v) is 6.44. The molecule has 0 radical (unpaired) electrons. The first-order chi connectivity index (χ1) is 8.81. The summed E-state index contributed by atoms with van der Waals surface area (Å²) >= 11 is 0. The van der Waals surface area contributed by atoms with Crippen LogP contribution in [0, 0.1) is 13.8 Å². The third kappa shape index (κ3) is 4.48. The number of carbonyl (C=O) groups is 2. The van der Waals surface area contributed by atoms with E-state index in [-0.39, 0.29) is 24.9 Å². The molecule has 0 fully saturated rings. The monoisotopic (exact) mass is 262 g/mol. The van der Waals surface area contributed by atoms with Crippen molar-refractivity contribution in [1.29, 1.82) is 0 Å². The Balaban J connectivity index is 2.87. The van der Waals surface area contributed by atoms with Gasteiger partial charge in [0.15, 0.2) is 5.78 Å². The lowest BCUT2D eigenvalue weighted by molar-refractivity contribution is -0.119. The first kappa shape index (κ1) is 15.4. The smallest absolute Gasteiger partial charge is 0.231 e. The highest BCUT2D eigenvalue weighted by Gasteiger charge is 2.18. The van der Waals surface area contributed by atoms with Crippen LogP contribution in [0.15, 0.2) is 18.2 Å². The maximum atomic E-state index is 12.3. The molecule has 1 rings (SSSR count). The van der Waals surface area contributed by atoms with Gasteiger partial charge in [-0.2, -0.15) is 0 Å². The van der Waals surface area contributed by atoms with Gasteiger partial charge in [-0.25, -0.2) is 0 Å². The van der Waals surface area contributed by atoms with Crippen LogP contribution in [-0.2, 0) is 4.79 Å². The van der Waals surface area contributed by atoms with E-state index in [1.54, 1.807) is 4.90 Å². The summed E-state index contributed by atoms with van der Waals surface area (Å²) in [5, 5.41) is 0. The van der Waals surface area contributed by atoms with Crippen molar-refractivity contribution in [1.82, 2.24) is 4.90 Å². The molecule has 4 heteroatoms. The summed E-state index contributed by atoms with van der Waals surface area (Å²) in [6.45, 7) is 8.08. The van der Waals surface area contributed by atoms with Gasteiger partial charge in [-0.15, -0.1) is 0 Å². The minimum atomic E-state index is -0.414. The summed E-state index contributed by atoms with van der Waals surface area (Å²) in [6, 6.07) is 5.91. The van der Waals surface area contributed by atoms with Gasteiger partial charge < -0.3 is 5.73 Å². The molecular formula is C15H22N2O2. The second-order valence-corrected chi connectivity index (χ2v) is 5.21. The number of nitrogens with zero attached hydrogens (tertiary/aromatic N) is 1. The van der Waals surface area contributed by atoms with E-state index < -0.39 is 5.91 Å². The van der Waals surface area contributed by atoms with Crippen molar-refractivity contribution in [2.75, 3.05) is 13.1 Å². The van der Waals surface area contributed by atoms with Gasteiger partial charge >= 0.3 is 0 Å². The maximum Gasteiger partial charge on any atom is 0.231 e. The van der Waals surface area contributed by atoms with E-state index in [1.165, 1.54) is 0 Å². The van der Waals surface area contributed by atoms with E-state index >= 15 is 0 Å². The number of carbonyl (C=O) groups excluding carboxylic acids is 2. The van der Waals surface area contributed by atoms with Crippen molar-refractivity contribution in [3.05, 3.63) is 34.9 Å². The molecule has 0 aromatic heterocycles. The number of aryl methyl sites for hydroxylation is 2. The largest absolute Gasteiger partial charge is 0.369 e. The molecule has 0 bridgehead atoms. The molecule has 1 aromatic carbocycles. The fraction of sp³-hybridized carbons (Fsp3) is 0.467. The van der Waals surface area contributed by atoms with E-state index in [9.17, 15) is 9.59 Å². The maximum absolute atomic E-state index is 12.3. The zero-order valence-electron chi connectivity index (χ0n) is 12.1. The zero-order chi connectivity index (χ0) is 14.6. The number of primary amides is 1. The van der Waals surface area contributed by atoms with E-state index in [0.717, 1.165) is 16.7 Å². The molecular weight excluding hydrogens is 240 g/mol. The van der Waals surface area contributed by atoms with Crippen LogP contribution in [0.5, 0.6) is 0 Å². The zero-order valence-corrected chi connectivity index (χ0v) is 12.1. The Kier molecular flexibility index (Phi) is 5.24. The number of Topliss-reactive ketones (excluding diaryl/α,β-unsaturated/α-hetero) is 1. The number of benzene rings is 1. The predicted molar refractivity (Wildman–Crippen MR) is 76.1 cm³/mol.